The smallest absolute Gasteiger partial charge is 0.183 e. The van der Waals surface area contributed by atoms with Crippen molar-refractivity contribution in [2.24, 2.45) is 0 Å². The third-order valence-corrected chi connectivity index (χ3v) is 1.28. The molecule has 0 aromatic heterocycles. The van der Waals surface area contributed by atoms with Gasteiger partial charge in [0, 0.05) is 41.6 Å². The lowest BCUT2D eigenvalue weighted by molar-refractivity contribution is 1.61. The molecule has 0 spiro atoms. The van der Waals surface area contributed by atoms with Gasteiger partial charge >= 0.3 is 0 Å². The van der Waals surface area contributed by atoms with Crippen molar-refractivity contribution in [2.75, 3.05) is 0 Å². The van der Waals surface area contributed by atoms with Gasteiger partial charge in [-0.25, -0.2) is 5.92 Å². The molecule has 0 saturated heterocycles. The molecule has 1 N–H and O–H groups in total. The second-order valence-corrected chi connectivity index (χ2v) is 2.68. The van der Waals surface area contributed by atoms with Crippen molar-refractivity contribution in [1.82, 2.24) is 3.52 Å². The van der Waals surface area contributed by atoms with Crippen molar-refractivity contribution in [1.29, 1.82) is 0 Å². The number of hydrogen-bond acceptors (Lipinski definition) is 1. The third-order valence-electron chi connectivity index (χ3n) is 1.04. The third kappa shape index (κ3) is 14.6. The van der Waals surface area contributed by atoms with Gasteiger partial charge in [-0.05, 0) is 41.4 Å². The summed E-state index contributed by atoms with van der Waals surface area (Å²) in [5.74, 6) is 38.2. The monoisotopic (exact) mass is 360 g/mol. The number of rotatable bonds is 0. The zero-order valence-electron chi connectivity index (χ0n) is 10.8. The van der Waals surface area contributed by atoms with Gasteiger partial charge in [-0.1, -0.05) is 0 Å². The van der Waals surface area contributed by atoms with E-state index >= 15 is 0 Å². The topological polar surface area (TPSA) is 12.0 Å². The molecule has 0 aliphatic carbocycles. The predicted octanol–water partition coefficient (Wildman–Crippen LogP) is 0.500. The minimum absolute atomic E-state index is 0.916. The van der Waals surface area contributed by atoms with E-state index in [2.05, 4.69) is 94.9 Å². The first kappa shape index (κ1) is 14.6. The summed E-state index contributed by atoms with van der Waals surface area (Å²) >= 11 is 1.69. The van der Waals surface area contributed by atoms with E-state index < -0.39 is 0 Å². The maximum atomic E-state index is 6.93. The maximum absolute atomic E-state index is 6.93. The van der Waals surface area contributed by atoms with E-state index in [0.717, 1.165) is 3.52 Å². The zero-order chi connectivity index (χ0) is 15.6. The van der Waals surface area contributed by atoms with Crippen LogP contribution in [0.2, 0.25) is 1.41 Å². The Morgan fingerprint density at radius 1 is 0.600 bits per heavy atom. The van der Waals surface area contributed by atoms with Crippen LogP contribution in [0, 0.1) is 107 Å². The van der Waals surface area contributed by atoms with Crippen molar-refractivity contribution < 1.29 is 1.41 Å². The summed E-state index contributed by atoms with van der Waals surface area (Å²) in [6.07, 6.45) is 6.49. The standard InChI is InChI=1S/C18HIN/c1-2-3-4-5-6-7-8-9-10-11-12-13-14-15-16-17-18-20-19/h20H/q-1/i/hT. The van der Waals surface area contributed by atoms with Crippen molar-refractivity contribution in [3.05, 3.63) is 6.42 Å². The normalized spacial score (nSPS) is 4.70. The molecule has 0 heterocycles. The first-order valence-electron chi connectivity index (χ1n) is 5.09. The molecule has 2 heteroatoms. The first-order chi connectivity index (χ1) is 10.3. The average Bonchev–Trinajstić information content (AvgIpc) is 2.46. The van der Waals surface area contributed by atoms with Crippen LogP contribution in [0.5, 0.6) is 0 Å². The summed E-state index contributed by atoms with van der Waals surface area (Å²) in [5, 5.41) is 0. The lowest BCUT2D eigenvalue weighted by Gasteiger charge is -1.65. The van der Waals surface area contributed by atoms with Gasteiger partial charge < -0.3 is 6.42 Å². The molecular weight excluding hydrogens is 357 g/mol. The second kappa shape index (κ2) is 15.6. The summed E-state index contributed by atoms with van der Waals surface area (Å²) < 4.78 is 7.85. The fraction of sp³-hybridized carbons (Fsp3) is 0. The Kier molecular flexibility index (Phi) is 11.4. The lowest BCUT2D eigenvalue weighted by atomic mass is 10.5. The molecule has 0 amide bonds. The number of halogens is 1. The number of hydrogen-bond donors (Lipinski definition) is 1. The molecule has 0 aromatic carbocycles. The molecule has 1 nitrogen and oxygen atoms in total. The molecular formula is C18HIN-. The molecule has 0 fully saturated rings. The quantitative estimate of drug-likeness (QED) is 0.218. The predicted molar refractivity (Wildman–Crippen MR) is 86.5 cm³/mol. The zero-order valence-corrected chi connectivity index (χ0v) is 12.0. The molecule has 86 valence electrons. The molecule has 0 aliphatic rings. The average molecular weight is 360 g/mol. The van der Waals surface area contributed by atoms with Gasteiger partial charge in [0.05, 0.1) is 22.9 Å². The van der Waals surface area contributed by atoms with Crippen LogP contribution in [0.1, 0.15) is 0 Å². The SMILES string of the molecule is [3H]N(I)C#CC#CC#CC#CC#CC#CC#CC#CC#[C-]. The van der Waals surface area contributed by atoms with Crippen LogP contribution in [0.4, 0.5) is 0 Å². The van der Waals surface area contributed by atoms with Crippen LogP contribution >= 0.6 is 22.9 Å². The highest BCUT2D eigenvalue weighted by Gasteiger charge is 1.57. The lowest BCUT2D eigenvalue weighted by Crippen LogP contribution is -1.77. The van der Waals surface area contributed by atoms with Crippen LogP contribution in [-0.4, -0.2) is 0 Å². The van der Waals surface area contributed by atoms with Gasteiger partial charge in [-0.15, -0.1) is 5.92 Å². The Balaban J connectivity index is 4.33. The van der Waals surface area contributed by atoms with E-state index in [9.17, 15) is 0 Å². The van der Waals surface area contributed by atoms with E-state index in [1.165, 1.54) is 0 Å². The van der Waals surface area contributed by atoms with Crippen LogP contribution in [0.15, 0.2) is 0 Å². The fourth-order valence-electron chi connectivity index (χ4n) is 0.487. The molecule has 0 atom stereocenters. The van der Waals surface area contributed by atoms with Crippen molar-refractivity contribution in [2.45, 2.75) is 0 Å². The molecule has 0 rings (SSSR count). The van der Waals surface area contributed by atoms with E-state index in [0.29, 0.717) is 0 Å². The summed E-state index contributed by atoms with van der Waals surface area (Å²) in [4.78, 5) is 0. The maximum Gasteiger partial charge on any atom is 0.183 e. The Morgan fingerprint density at radius 2 is 0.900 bits per heavy atom. The highest BCUT2D eigenvalue weighted by atomic mass is 127. The summed E-state index contributed by atoms with van der Waals surface area (Å²) in [6.45, 7) is 0. The molecule has 0 aromatic rings. The van der Waals surface area contributed by atoms with Gasteiger partial charge in [0.25, 0.3) is 0 Å². The van der Waals surface area contributed by atoms with Crippen molar-refractivity contribution >= 4 is 22.9 Å². The van der Waals surface area contributed by atoms with Crippen LogP contribution < -0.4 is 3.52 Å². The Morgan fingerprint density at radius 3 is 1.20 bits per heavy atom. The van der Waals surface area contributed by atoms with Crippen LogP contribution in [0.3, 0.4) is 0 Å². The van der Waals surface area contributed by atoms with Gasteiger partial charge in [-0.3, -0.25) is 9.44 Å². The fourth-order valence-corrected chi connectivity index (χ4v) is 0.607. The second-order valence-electron chi connectivity index (χ2n) is 2.20. The van der Waals surface area contributed by atoms with Gasteiger partial charge in [0.1, 0.15) is 0 Å². The van der Waals surface area contributed by atoms with Crippen molar-refractivity contribution in [3.8, 4) is 101 Å². The molecule has 0 saturated carbocycles. The molecule has 0 aliphatic heterocycles. The van der Waals surface area contributed by atoms with E-state index in [1.807, 2.05) is 5.92 Å². The minimum atomic E-state index is 0.916. The molecule has 0 unspecified atom stereocenters. The molecule has 20 heavy (non-hydrogen) atoms. The van der Waals surface area contributed by atoms with E-state index in [4.69, 9.17) is 7.84 Å². The Hall–Kier alpha value is -3.43. The van der Waals surface area contributed by atoms with E-state index in [1.54, 1.807) is 22.9 Å². The summed E-state index contributed by atoms with van der Waals surface area (Å²) in [5.41, 5.74) is 0. The largest absolute Gasteiger partial charge is 0.358 e. The van der Waals surface area contributed by atoms with Crippen molar-refractivity contribution in [3.63, 3.8) is 0 Å². The van der Waals surface area contributed by atoms with Crippen LogP contribution in [0.25, 0.3) is 0 Å². The van der Waals surface area contributed by atoms with Crippen LogP contribution in [-0.2, 0) is 0 Å². The number of nitrogens with one attached hydrogen (secondary N) is 1. The summed E-state index contributed by atoms with van der Waals surface area (Å²) in [7, 11) is 0. The summed E-state index contributed by atoms with van der Waals surface area (Å²) in [6, 6.07) is 2.38. The van der Waals surface area contributed by atoms with Gasteiger partial charge in [0.2, 0.25) is 0 Å². The minimum Gasteiger partial charge on any atom is -0.358 e. The Labute approximate surface area is 135 Å². The molecule has 0 bridgehead atoms. The van der Waals surface area contributed by atoms with Gasteiger partial charge in [0.15, 0.2) is 1.41 Å². The highest BCUT2D eigenvalue weighted by molar-refractivity contribution is 14.1. The first-order valence-corrected chi connectivity index (χ1v) is 5.61. The Bertz CT molecular complexity index is 919. The molecule has 0 radical (unpaired) electrons. The van der Waals surface area contributed by atoms with Gasteiger partial charge in [-0.2, -0.15) is 0 Å². The van der Waals surface area contributed by atoms with E-state index in [-0.39, 0.29) is 0 Å². The highest BCUT2D eigenvalue weighted by Crippen LogP contribution is 1.61.